The van der Waals surface area contributed by atoms with Crippen LogP contribution < -0.4 is 10.2 Å². The van der Waals surface area contributed by atoms with Gasteiger partial charge in [0.15, 0.2) is 5.76 Å². The molecule has 0 atom stereocenters. The van der Waals surface area contributed by atoms with Crippen LogP contribution in [0.25, 0.3) is 0 Å². The molecule has 7 heteroatoms. The second-order valence-corrected chi connectivity index (χ2v) is 8.72. The van der Waals surface area contributed by atoms with E-state index < -0.39 is 0 Å². The Bertz CT molecular complexity index is 1010. The van der Waals surface area contributed by atoms with Crippen molar-refractivity contribution < 1.29 is 14.0 Å². The van der Waals surface area contributed by atoms with Crippen molar-refractivity contribution in [3.05, 3.63) is 70.3 Å². The monoisotopic (exact) mass is 423 g/mol. The second-order valence-electron chi connectivity index (χ2n) is 7.78. The highest BCUT2D eigenvalue weighted by Gasteiger charge is 2.29. The summed E-state index contributed by atoms with van der Waals surface area (Å²) in [6.07, 6.45) is 3.83. The molecule has 1 aliphatic rings. The molecule has 0 radical (unpaired) electrons. The number of hydrogen-bond donors (Lipinski definition) is 1. The van der Waals surface area contributed by atoms with Crippen molar-refractivity contribution in [1.29, 1.82) is 0 Å². The number of thiophene rings is 1. The average molecular weight is 424 g/mol. The lowest BCUT2D eigenvalue weighted by molar-refractivity contribution is 0.0702. The smallest absolute Gasteiger partial charge is 0.289 e. The lowest BCUT2D eigenvalue weighted by Crippen LogP contribution is -2.33. The maximum atomic E-state index is 13.0. The zero-order valence-electron chi connectivity index (χ0n) is 17.1. The molecule has 1 N–H and O–H groups in total. The Morgan fingerprint density at radius 1 is 1.17 bits per heavy atom. The highest BCUT2D eigenvalue weighted by atomic mass is 32.1. The molecule has 2 heterocycles. The Hall–Kier alpha value is -3.06. The molecule has 1 aliphatic carbocycles. The summed E-state index contributed by atoms with van der Waals surface area (Å²) in [6, 6.07) is 12.9. The van der Waals surface area contributed by atoms with Gasteiger partial charge in [0.25, 0.3) is 11.8 Å². The summed E-state index contributed by atoms with van der Waals surface area (Å²) in [5, 5.41) is 4.85. The largest absolute Gasteiger partial charge is 0.459 e. The molecule has 6 nitrogen and oxygen atoms in total. The molecular formula is C23H25N3O3S. The fourth-order valence-electron chi connectivity index (χ4n) is 3.42. The van der Waals surface area contributed by atoms with Gasteiger partial charge >= 0.3 is 0 Å². The molecule has 0 unspecified atom stereocenters. The highest BCUT2D eigenvalue weighted by Crippen LogP contribution is 2.32. The number of amides is 2. The fourth-order valence-corrected chi connectivity index (χ4v) is 4.04. The van der Waals surface area contributed by atoms with Crippen molar-refractivity contribution in [2.24, 2.45) is 5.92 Å². The van der Waals surface area contributed by atoms with Crippen molar-refractivity contribution in [2.45, 2.75) is 19.4 Å². The number of nitrogens with one attached hydrogen (secondary N) is 1. The predicted molar refractivity (Wildman–Crippen MR) is 119 cm³/mol. The van der Waals surface area contributed by atoms with Crippen LogP contribution in [0.15, 0.2) is 58.5 Å². The first-order valence-corrected chi connectivity index (χ1v) is 10.9. The summed E-state index contributed by atoms with van der Waals surface area (Å²) in [6.45, 7) is 1.16. The van der Waals surface area contributed by atoms with Gasteiger partial charge in [-0.1, -0.05) is 6.07 Å². The van der Waals surface area contributed by atoms with Gasteiger partial charge in [-0.15, -0.1) is 11.3 Å². The maximum absolute atomic E-state index is 13.0. The third kappa shape index (κ3) is 4.74. The maximum Gasteiger partial charge on any atom is 0.289 e. The van der Waals surface area contributed by atoms with Gasteiger partial charge in [-0.2, -0.15) is 0 Å². The first kappa shape index (κ1) is 20.2. The van der Waals surface area contributed by atoms with Crippen LogP contribution in [0.2, 0.25) is 0 Å². The molecule has 1 saturated carbocycles. The van der Waals surface area contributed by atoms with Crippen molar-refractivity contribution in [2.75, 3.05) is 30.9 Å². The summed E-state index contributed by atoms with van der Waals surface area (Å²) in [7, 11) is 3.95. The summed E-state index contributed by atoms with van der Waals surface area (Å²) in [5.74, 6) is 0.664. The zero-order valence-corrected chi connectivity index (χ0v) is 17.9. The minimum absolute atomic E-state index is 0.107. The van der Waals surface area contributed by atoms with E-state index in [0.29, 0.717) is 35.3 Å². The van der Waals surface area contributed by atoms with Gasteiger partial charge in [-0.25, -0.2) is 0 Å². The first-order chi connectivity index (χ1) is 14.5. The molecule has 4 rings (SSSR count). The summed E-state index contributed by atoms with van der Waals surface area (Å²) in [4.78, 5) is 30.0. The number of hydrogen-bond acceptors (Lipinski definition) is 5. The molecular weight excluding hydrogens is 398 g/mol. The van der Waals surface area contributed by atoms with Crippen LogP contribution >= 0.6 is 11.3 Å². The van der Waals surface area contributed by atoms with Crippen molar-refractivity contribution in [3.8, 4) is 0 Å². The predicted octanol–water partition coefficient (Wildman–Crippen LogP) is 4.71. The van der Waals surface area contributed by atoms with E-state index in [0.717, 1.165) is 24.1 Å². The quantitative estimate of drug-likeness (QED) is 0.570. The van der Waals surface area contributed by atoms with Crippen LogP contribution in [0.1, 0.15) is 38.6 Å². The standard InChI is InChI=1S/C23H25N3O3S/c1-25(2)19-10-9-18(24-22(27)21-6-4-12-30-21)13-17(19)15-26(14-16-7-8-16)23(28)20-5-3-11-29-20/h3-6,9-13,16H,7-8,14-15H2,1-2H3,(H,24,27). The second kappa shape index (κ2) is 8.75. The molecule has 2 aromatic heterocycles. The summed E-state index contributed by atoms with van der Waals surface area (Å²) >= 11 is 1.41. The number of anilines is 2. The lowest BCUT2D eigenvalue weighted by Gasteiger charge is -2.25. The molecule has 0 spiro atoms. The molecule has 1 fully saturated rings. The minimum atomic E-state index is -0.130. The van der Waals surface area contributed by atoms with E-state index in [1.54, 1.807) is 18.2 Å². The summed E-state index contributed by atoms with van der Waals surface area (Å²) in [5.41, 5.74) is 2.70. The zero-order chi connectivity index (χ0) is 21.1. The molecule has 0 bridgehead atoms. The number of nitrogens with zero attached hydrogens (tertiary/aromatic N) is 2. The number of carbonyl (C=O) groups excluding carboxylic acids is 2. The lowest BCUT2D eigenvalue weighted by atomic mass is 10.1. The molecule has 0 saturated heterocycles. The van der Waals surface area contributed by atoms with Crippen molar-refractivity contribution >= 4 is 34.5 Å². The van der Waals surface area contributed by atoms with E-state index in [1.807, 2.05) is 53.5 Å². The van der Waals surface area contributed by atoms with Crippen molar-refractivity contribution in [1.82, 2.24) is 4.90 Å². The van der Waals surface area contributed by atoms with Gasteiger partial charge in [-0.3, -0.25) is 9.59 Å². The van der Waals surface area contributed by atoms with E-state index in [-0.39, 0.29) is 11.8 Å². The third-order valence-electron chi connectivity index (χ3n) is 5.12. The Morgan fingerprint density at radius 3 is 2.63 bits per heavy atom. The van der Waals surface area contributed by atoms with Gasteiger partial charge in [0.05, 0.1) is 11.1 Å². The van der Waals surface area contributed by atoms with Crippen LogP contribution in [0, 0.1) is 5.92 Å². The van der Waals surface area contributed by atoms with Gasteiger partial charge in [0.2, 0.25) is 0 Å². The SMILES string of the molecule is CN(C)c1ccc(NC(=O)c2cccs2)cc1CN(CC1CC1)C(=O)c1ccco1. The Balaban J connectivity index is 1.59. The number of benzene rings is 1. The van der Waals surface area contributed by atoms with Crippen LogP contribution in [-0.4, -0.2) is 37.4 Å². The Morgan fingerprint density at radius 2 is 2.00 bits per heavy atom. The van der Waals surface area contributed by atoms with Gasteiger partial charge in [0, 0.05) is 38.6 Å². The van der Waals surface area contributed by atoms with Gasteiger partial charge in [0.1, 0.15) is 0 Å². The highest BCUT2D eigenvalue weighted by molar-refractivity contribution is 7.12. The van der Waals surface area contributed by atoms with Crippen LogP contribution in [0.5, 0.6) is 0 Å². The van der Waals surface area contributed by atoms with E-state index in [1.165, 1.54) is 17.6 Å². The van der Waals surface area contributed by atoms with Crippen LogP contribution in [0.3, 0.4) is 0 Å². The van der Waals surface area contributed by atoms with E-state index in [4.69, 9.17) is 4.42 Å². The molecule has 0 aliphatic heterocycles. The number of rotatable bonds is 8. The molecule has 2 amide bonds. The first-order valence-electron chi connectivity index (χ1n) is 9.99. The molecule has 156 valence electrons. The van der Waals surface area contributed by atoms with E-state index in [9.17, 15) is 9.59 Å². The van der Waals surface area contributed by atoms with Crippen LogP contribution in [-0.2, 0) is 6.54 Å². The Kier molecular flexibility index (Phi) is 5.90. The van der Waals surface area contributed by atoms with Gasteiger partial charge < -0.3 is 19.5 Å². The minimum Gasteiger partial charge on any atom is -0.459 e. The van der Waals surface area contributed by atoms with E-state index in [2.05, 4.69) is 5.32 Å². The Labute approximate surface area is 180 Å². The number of carbonyl (C=O) groups is 2. The molecule has 30 heavy (non-hydrogen) atoms. The summed E-state index contributed by atoms with van der Waals surface area (Å²) < 4.78 is 5.35. The fraction of sp³-hybridized carbons (Fsp3) is 0.304. The van der Waals surface area contributed by atoms with Crippen LogP contribution in [0.4, 0.5) is 11.4 Å². The topological polar surface area (TPSA) is 65.8 Å². The van der Waals surface area contributed by atoms with Crippen molar-refractivity contribution in [3.63, 3.8) is 0 Å². The normalized spacial score (nSPS) is 13.1. The van der Waals surface area contributed by atoms with E-state index >= 15 is 0 Å². The van der Waals surface area contributed by atoms with Gasteiger partial charge in [-0.05, 0) is 66.1 Å². The third-order valence-corrected chi connectivity index (χ3v) is 5.99. The average Bonchev–Trinajstić information content (AvgIpc) is 3.18. The number of furan rings is 1. The molecule has 3 aromatic rings. The molecule has 1 aromatic carbocycles.